The van der Waals surface area contributed by atoms with Gasteiger partial charge in [0, 0.05) is 30.6 Å². The van der Waals surface area contributed by atoms with Crippen LogP contribution in [0.5, 0.6) is 0 Å². The van der Waals surface area contributed by atoms with Crippen LogP contribution in [-0.4, -0.2) is 31.9 Å². The van der Waals surface area contributed by atoms with Crippen LogP contribution in [-0.2, 0) is 16.6 Å². The van der Waals surface area contributed by atoms with Crippen molar-refractivity contribution in [3.63, 3.8) is 0 Å². The van der Waals surface area contributed by atoms with E-state index in [9.17, 15) is 8.42 Å². The van der Waals surface area contributed by atoms with Gasteiger partial charge in [-0.05, 0) is 23.8 Å². The Morgan fingerprint density at radius 2 is 2.25 bits per heavy atom. The minimum atomic E-state index is -3.31. The lowest BCUT2D eigenvalue weighted by molar-refractivity contribution is 0.452. The molecule has 0 radical (unpaired) electrons. The SMILES string of the molecule is CCC1CCN(S(=O)(=O)c2ccsc2CNC(C)C)C1. The molecule has 1 N–H and O–H groups in total. The van der Waals surface area contributed by atoms with Crippen LogP contribution in [0.1, 0.15) is 38.5 Å². The zero-order chi connectivity index (χ0) is 14.8. The standard InChI is InChI=1S/C14H24N2O2S2/c1-4-12-5-7-16(10-12)20(17,18)14-6-8-19-13(14)9-15-11(2)3/h6,8,11-12,15H,4-5,7,9-10H2,1-3H3. The van der Waals surface area contributed by atoms with Gasteiger partial charge in [-0.25, -0.2) is 8.42 Å². The molecule has 1 aromatic heterocycles. The van der Waals surface area contributed by atoms with E-state index in [1.807, 2.05) is 5.38 Å². The van der Waals surface area contributed by atoms with Gasteiger partial charge in [-0.15, -0.1) is 11.3 Å². The molecule has 2 rings (SSSR count). The molecule has 114 valence electrons. The Kier molecular flexibility index (Phi) is 5.23. The summed E-state index contributed by atoms with van der Waals surface area (Å²) >= 11 is 1.52. The highest BCUT2D eigenvalue weighted by atomic mass is 32.2. The van der Waals surface area contributed by atoms with Crippen molar-refractivity contribution in [1.29, 1.82) is 0 Å². The summed E-state index contributed by atoms with van der Waals surface area (Å²) in [5, 5.41) is 5.17. The minimum absolute atomic E-state index is 0.351. The van der Waals surface area contributed by atoms with Gasteiger partial charge in [0.2, 0.25) is 10.0 Å². The monoisotopic (exact) mass is 316 g/mol. The molecule has 1 unspecified atom stereocenters. The highest BCUT2D eigenvalue weighted by Gasteiger charge is 2.33. The van der Waals surface area contributed by atoms with Crippen LogP contribution in [0.15, 0.2) is 16.3 Å². The maximum absolute atomic E-state index is 12.7. The van der Waals surface area contributed by atoms with Gasteiger partial charge in [0.15, 0.2) is 0 Å². The van der Waals surface area contributed by atoms with Crippen LogP contribution in [0.4, 0.5) is 0 Å². The first kappa shape index (κ1) is 15.9. The fourth-order valence-electron chi connectivity index (χ4n) is 2.47. The summed E-state index contributed by atoms with van der Waals surface area (Å²) in [5.41, 5.74) is 0. The van der Waals surface area contributed by atoms with Gasteiger partial charge in [0.1, 0.15) is 0 Å². The number of sulfonamides is 1. The molecule has 1 saturated heterocycles. The number of thiophene rings is 1. The number of hydrogen-bond acceptors (Lipinski definition) is 4. The van der Waals surface area contributed by atoms with Crippen LogP contribution in [0, 0.1) is 5.92 Å². The third kappa shape index (κ3) is 3.42. The minimum Gasteiger partial charge on any atom is -0.310 e. The fourth-order valence-corrected chi connectivity index (χ4v) is 5.37. The van der Waals surface area contributed by atoms with Crippen LogP contribution in [0.25, 0.3) is 0 Å². The average Bonchev–Trinajstić information content (AvgIpc) is 3.05. The lowest BCUT2D eigenvalue weighted by Crippen LogP contribution is -2.30. The number of nitrogens with zero attached hydrogens (tertiary/aromatic N) is 1. The number of rotatable bonds is 6. The van der Waals surface area contributed by atoms with Crippen LogP contribution in [0.3, 0.4) is 0 Å². The average molecular weight is 316 g/mol. The molecule has 0 saturated carbocycles. The third-order valence-corrected chi connectivity index (χ3v) is 6.82. The highest BCUT2D eigenvalue weighted by molar-refractivity contribution is 7.89. The van der Waals surface area contributed by atoms with Gasteiger partial charge in [-0.1, -0.05) is 27.2 Å². The zero-order valence-electron chi connectivity index (χ0n) is 12.4. The van der Waals surface area contributed by atoms with Gasteiger partial charge >= 0.3 is 0 Å². The first-order valence-electron chi connectivity index (χ1n) is 7.25. The van der Waals surface area contributed by atoms with Crippen molar-refractivity contribution < 1.29 is 8.42 Å². The second kappa shape index (κ2) is 6.56. The Bertz CT molecular complexity index is 537. The summed E-state index contributed by atoms with van der Waals surface area (Å²) in [6, 6.07) is 2.10. The summed E-state index contributed by atoms with van der Waals surface area (Å²) < 4.78 is 27.1. The topological polar surface area (TPSA) is 49.4 Å². The van der Waals surface area contributed by atoms with E-state index in [4.69, 9.17) is 0 Å². The molecule has 1 atom stereocenters. The molecular weight excluding hydrogens is 292 g/mol. The van der Waals surface area contributed by atoms with Crippen molar-refractivity contribution in [2.45, 2.75) is 51.1 Å². The molecule has 20 heavy (non-hydrogen) atoms. The molecule has 0 bridgehead atoms. The smallest absolute Gasteiger partial charge is 0.244 e. The summed E-state index contributed by atoms with van der Waals surface area (Å²) in [5.74, 6) is 0.514. The zero-order valence-corrected chi connectivity index (χ0v) is 14.1. The number of nitrogens with one attached hydrogen (secondary N) is 1. The van der Waals surface area contributed by atoms with Crippen molar-refractivity contribution in [2.24, 2.45) is 5.92 Å². The summed E-state index contributed by atoms with van der Waals surface area (Å²) in [6.07, 6.45) is 2.04. The largest absolute Gasteiger partial charge is 0.310 e. The van der Waals surface area contributed by atoms with E-state index in [0.717, 1.165) is 17.7 Å². The Balaban J connectivity index is 2.16. The first-order chi connectivity index (χ1) is 9.45. The molecule has 1 aliphatic rings. The van der Waals surface area contributed by atoms with E-state index in [0.29, 0.717) is 36.5 Å². The molecule has 0 aromatic carbocycles. The van der Waals surface area contributed by atoms with Gasteiger partial charge in [-0.2, -0.15) is 4.31 Å². The maximum atomic E-state index is 12.7. The van der Waals surface area contributed by atoms with Crippen molar-refractivity contribution in [1.82, 2.24) is 9.62 Å². The Labute approximate surface area is 126 Å². The normalized spacial score (nSPS) is 20.9. The van der Waals surface area contributed by atoms with E-state index < -0.39 is 10.0 Å². The quantitative estimate of drug-likeness (QED) is 0.878. The van der Waals surface area contributed by atoms with Gasteiger partial charge in [0.05, 0.1) is 4.90 Å². The molecule has 0 aliphatic carbocycles. The first-order valence-corrected chi connectivity index (χ1v) is 9.57. The molecule has 4 nitrogen and oxygen atoms in total. The Morgan fingerprint density at radius 1 is 1.50 bits per heavy atom. The highest BCUT2D eigenvalue weighted by Crippen LogP contribution is 2.30. The van der Waals surface area contributed by atoms with E-state index in [2.05, 4.69) is 26.1 Å². The van der Waals surface area contributed by atoms with Gasteiger partial charge < -0.3 is 5.32 Å². The molecule has 0 spiro atoms. The van der Waals surface area contributed by atoms with E-state index in [1.165, 1.54) is 11.3 Å². The molecular formula is C14H24N2O2S2. The lowest BCUT2D eigenvalue weighted by Gasteiger charge is -2.17. The summed E-state index contributed by atoms with van der Waals surface area (Å²) in [6.45, 7) is 8.21. The van der Waals surface area contributed by atoms with Crippen molar-refractivity contribution in [3.05, 3.63) is 16.3 Å². The van der Waals surface area contributed by atoms with Crippen molar-refractivity contribution >= 4 is 21.4 Å². The van der Waals surface area contributed by atoms with Gasteiger partial charge in [-0.3, -0.25) is 0 Å². The van der Waals surface area contributed by atoms with E-state index in [-0.39, 0.29) is 0 Å². The van der Waals surface area contributed by atoms with Crippen molar-refractivity contribution in [3.8, 4) is 0 Å². The Hall–Kier alpha value is -0.430. The number of hydrogen-bond donors (Lipinski definition) is 1. The van der Waals surface area contributed by atoms with Crippen LogP contribution >= 0.6 is 11.3 Å². The summed E-state index contributed by atoms with van der Waals surface area (Å²) in [4.78, 5) is 1.41. The van der Waals surface area contributed by atoms with E-state index >= 15 is 0 Å². The predicted octanol–water partition coefficient (Wildman–Crippen LogP) is 2.67. The summed E-state index contributed by atoms with van der Waals surface area (Å²) in [7, 11) is -3.31. The molecule has 1 aliphatic heterocycles. The van der Waals surface area contributed by atoms with Crippen molar-refractivity contribution in [2.75, 3.05) is 13.1 Å². The van der Waals surface area contributed by atoms with Crippen LogP contribution < -0.4 is 5.32 Å². The van der Waals surface area contributed by atoms with Gasteiger partial charge in [0.25, 0.3) is 0 Å². The predicted molar refractivity (Wildman–Crippen MR) is 83.5 cm³/mol. The lowest BCUT2D eigenvalue weighted by atomic mass is 10.1. The molecule has 1 fully saturated rings. The second-order valence-electron chi connectivity index (χ2n) is 5.67. The van der Waals surface area contributed by atoms with E-state index in [1.54, 1.807) is 10.4 Å². The maximum Gasteiger partial charge on any atom is 0.244 e. The molecule has 2 heterocycles. The fraction of sp³-hybridized carbons (Fsp3) is 0.714. The molecule has 0 amide bonds. The molecule has 1 aromatic rings. The second-order valence-corrected chi connectivity index (χ2v) is 8.58. The Morgan fingerprint density at radius 3 is 2.85 bits per heavy atom. The third-order valence-electron chi connectivity index (χ3n) is 3.82. The van der Waals surface area contributed by atoms with Crippen LogP contribution in [0.2, 0.25) is 0 Å². The molecule has 6 heteroatoms.